The van der Waals surface area contributed by atoms with Crippen molar-refractivity contribution in [3.05, 3.63) is 16.1 Å². The molecule has 20 heavy (non-hydrogen) atoms. The Morgan fingerprint density at radius 1 is 1.35 bits per heavy atom. The van der Waals surface area contributed by atoms with E-state index in [1.807, 2.05) is 5.51 Å². The minimum atomic E-state index is 0.697. The normalized spacial score (nSPS) is 30.9. The van der Waals surface area contributed by atoms with Crippen LogP contribution in [-0.2, 0) is 6.54 Å². The largest absolute Gasteiger partial charge is 0.308 e. The number of piperidine rings is 1. The molecule has 0 spiro atoms. The summed E-state index contributed by atoms with van der Waals surface area (Å²) in [6.45, 7) is 10.4. The van der Waals surface area contributed by atoms with Crippen LogP contribution < -0.4 is 5.32 Å². The highest BCUT2D eigenvalue weighted by molar-refractivity contribution is 7.09. The number of aryl methyl sites for hydroxylation is 1. The lowest BCUT2D eigenvalue weighted by Gasteiger charge is -2.49. The summed E-state index contributed by atoms with van der Waals surface area (Å²) in [6.07, 6.45) is 4.23. The number of rotatable bonds is 4. The van der Waals surface area contributed by atoms with Gasteiger partial charge in [0.1, 0.15) is 0 Å². The van der Waals surface area contributed by atoms with Crippen molar-refractivity contribution in [2.24, 2.45) is 11.8 Å². The maximum absolute atomic E-state index is 4.36. The molecule has 2 aliphatic rings. The van der Waals surface area contributed by atoms with E-state index in [0.717, 1.165) is 24.4 Å². The Morgan fingerprint density at radius 3 is 2.60 bits per heavy atom. The molecule has 2 bridgehead atoms. The summed E-state index contributed by atoms with van der Waals surface area (Å²) in [5.74, 6) is 1.69. The highest BCUT2D eigenvalue weighted by atomic mass is 32.1. The molecule has 0 aromatic carbocycles. The van der Waals surface area contributed by atoms with Crippen molar-refractivity contribution in [1.82, 2.24) is 15.2 Å². The number of aromatic nitrogens is 1. The van der Waals surface area contributed by atoms with Gasteiger partial charge in [-0.2, -0.15) is 0 Å². The van der Waals surface area contributed by atoms with Gasteiger partial charge in [-0.25, -0.2) is 4.98 Å². The Balaban J connectivity index is 1.63. The van der Waals surface area contributed by atoms with E-state index >= 15 is 0 Å². The minimum Gasteiger partial charge on any atom is -0.308 e. The Morgan fingerprint density at radius 2 is 2.05 bits per heavy atom. The fourth-order valence-electron chi connectivity index (χ4n) is 3.93. The molecule has 2 atom stereocenters. The Bertz CT molecular complexity index is 429. The van der Waals surface area contributed by atoms with Crippen molar-refractivity contribution in [3.8, 4) is 0 Å². The maximum Gasteiger partial charge on any atom is 0.0798 e. The van der Waals surface area contributed by atoms with Crippen molar-refractivity contribution in [3.63, 3.8) is 0 Å². The van der Waals surface area contributed by atoms with E-state index in [0.29, 0.717) is 6.04 Å². The van der Waals surface area contributed by atoms with Gasteiger partial charge in [0.05, 0.1) is 11.2 Å². The molecule has 0 amide bonds. The monoisotopic (exact) mass is 293 g/mol. The molecule has 1 aromatic rings. The summed E-state index contributed by atoms with van der Waals surface area (Å²) < 4.78 is 0. The van der Waals surface area contributed by atoms with E-state index < -0.39 is 0 Å². The van der Waals surface area contributed by atoms with Gasteiger partial charge in [0.25, 0.3) is 0 Å². The van der Waals surface area contributed by atoms with Crippen LogP contribution in [-0.4, -0.2) is 35.1 Å². The van der Waals surface area contributed by atoms with Crippen LogP contribution in [0.1, 0.15) is 43.7 Å². The fourth-order valence-corrected chi connectivity index (χ4v) is 4.66. The summed E-state index contributed by atoms with van der Waals surface area (Å²) in [5, 5.41) is 3.87. The Kier molecular flexibility index (Phi) is 4.43. The van der Waals surface area contributed by atoms with E-state index in [2.05, 4.69) is 36.0 Å². The van der Waals surface area contributed by atoms with E-state index in [4.69, 9.17) is 0 Å². The van der Waals surface area contributed by atoms with Crippen LogP contribution in [0.15, 0.2) is 5.51 Å². The fraction of sp³-hybridized carbons (Fsp3) is 0.812. The maximum atomic E-state index is 4.36. The molecule has 0 radical (unpaired) electrons. The Labute approximate surface area is 126 Å². The SMILES string of the molecule is Cc1ncsc1CNC1C2CCCC1CN(C(C)C)C2. The standard InChI is InChI=1S/C16H27N3S/c1-11(2)19-8-13-5-4-6-14(9-19)16(13)17-7-15-12(3)18-10-20-15/h10-11,13-14,16-17H,4-9H2,1-3H3. The zero-order valence-electron chi connectivity index (χ0n) is 12.9. The van der Waals surface area contributed by atoms with Crippen LogP contribution in [0, 0.1) is 18.8 Å². The number of thiazole rings is 1. The Hall–Kier alpha value is -0.450. The molecular weight excluding hydrogens is 266 g/mol. The number of fused-ring (bicyclic) bond motifs is 2. The number of hydrogen-bond donors (Lipinski definition) is 1. The molecule has 1 aliphatic heterocycles. The lowest BCUT2D eigenvalue weighted by molar-refractivity contribution is 0.0291. The highest BCUT2D eigenvalue weighted by Crippen LogP contribution is 2.36. The smallest absolute Gasteiger partial charge is 0.0798 e. The summed E-state index contributed by atoms with van der Waals surface area (Å²) >= 11 is 1.79. The molecule has 3 rings (SSSR count). The van der Waals surface area contributed by atoms with Gasteiger partial charge in [-0.1, -0.05) is 6.42 Å². The van der Waals surface area contributed by atoms with Crippen molar-refractivity contribution < 1.29 is 0 Å². The predicted molar refractivity (Wildman–Crippen MR) is 85.0 cm³/mol. The molecule has 1 aliphatic carbocycles. The summed E-state index contributed by atoms with van der Waals surface area (Å²) in [5.41, 5.74) is 3.17. The first-order valence-corrected chi connectivity index (χ1v) is 8.89. The second kappa shape index (κ2) is 6.12. The number of likely N-dealkylation sites (tertiary alicyclic amines) is 1. The second-order valence-corrected chi connectivity index (χ2v) is 7.71. The van der Waals surface area contributed by atoms with Gasteiger partial charge >= 0.3 is 0 Å². The molecular formula is C16H27N3S. The number of nitrogens with zero attached hydrogens (tertiary/aromatic N) is 2. The van der Waals surface area contributed by atoms with E-state index in [9.17, 15) is 0 Å². The highest BCUT2D eigenvalue weighted by Gasteiger charge is 2.39. The van der Waals surface area contributed by atoms with Gasteiger partial charge in [-0.05, 0) is 45.4 Å². The van der Waals surface area contributed by atoms with Crippen LogP contribution >= 0.6 is 11.3 Å². The van der Waals surface area contributed by atoms with Crippen LogP contribution in [0.3, 0.4) is 0 Å². The number of hydrogen-bond acceptors (Lipinski definition) is 4. The molecule has 1 N–H and O–H groups in total. The first kappa shape index (κ1) is 14.5. The zero-order chi connectivity index (χ0) is 14.1. The van der Waals surface area contributed by atoms with Gasteiger partial charge < -0.3 is 10.2 Å². The average Bonchev–Trinajstić information content (AvgIpc) is 2.80. The minimum absolute atomic E-state index is 0.697. The van der Waals surface area contributed by atoms with Crippen LogP contribution in [0.2, 0.25) is 0 Å². The molecule has 1 aromatic heterocycles. The van der Waals surface area contributed by atoms with Gasteiger partial charge in [-0.15, -0.1) is 11.3 Å². The van der Waals surface area contributed by atoms with Crippen molar-refractivity contribution >= 4 is 11.3 Å². The summed E-state index contributed by atoms with van der Waals surface area (Å²) in [4.78, 5) is 8.45. The first-order chi connectivity index (χ1) is 9.65. The number of nitrogens with one attached hydrogen (secondary N) is 1. The molecule has 2 fully saturated rings. The van der Waals surface area contributed by atoms with Crippen LogP contribution in [0.5, 0.6) is 0 Å². The first-order valence-electron chi connectivity index (χ1n) is 8.01. The van der Waals surface area contributed by atoms with Crippen molar-refractivity contribution in [1.29, 1.82) is 0 Å². The van der Waals surface area contributed by atoms with Crippen LogP contribution in [0.4, 0.5) is 0 Å². The van der Waals surface area contributed by atoms with Crippen LogP contribution in [0.25, 0.3) is 0 Å². The third-order valence-electron chi connectivity index (χ3n) is 5.18. The van der Waals surface area contributed by atoms with E-state index in [-0.39, 0.29) is 0 Å². The van der Waals surface area contributed by atoms with Crippen molar-refractivity contribution in [2.75, 3.05) is 13.1 Å². The summed E-state index contributed by atoms with van der Waals surface area (Å²) in [7, 11) is 0. The van der Waals surface area contributed by atoms with E-state index in [1.165, 1.54) is 42.9 Å². The molecule has 2 heterocycles. The molecule has 2 unspecified atom stereocenters. The molecule has 1 saturated carbocycles. The van der Waals surface area contributed by atoms with E-state index in [1.54, 1.807) is 11.3 Å². The second-order valence-electron chi connectivity index (χ2n) is 6.77. The molecule has 4 heteroatoms. The quantitative estimate of drug-likeness (QED) is 0.925. The molecule has 112 valence electrons. The van der Waals surface area contributed by atoms with Gasteiger partial charge in [0.15, 0.2) is 0 Å². The van der Waals surface area contributed by atoms with Gasteiger partial charge in [-0.3, -0.25) is 0 Å². The predicted octanol–water partition coefficient (Wildman–Crippen LogP) is 3.05. The molecule has 3 nitrogen and oxygen atoms in total. The third-order valence-corrected chi connectivity index (χ3v) is 6.11. The zero-order valence-corrected chi connectivity index (χ0v) is 13.7. The lowest BCUT2D eigenvalue weighted by Crippen LogP contribution is -2.58. The molecule has 1 saturated heterocycles. The lowest BCUT2D eigenvalue weighted by atomic mass is 9.73. The topological polar surface area (TPSA) is 28.2 Å². The summed E-state index contributed by atoms with van der Waals surface area (Å²) in [6, 6.07) is 1.42. The third kappa shape index (κ3) is 2.92. The average molecular weight is 293 g/mol. The van der Waals surface area contributed by atoms with Gasteiger partial charge in [0, 0.05) is 36.6 Å². The van der Waals surface area contributed by atoms with Gasteiger partial charge in [0.2, 0.25) is 0 Å². The van der Waals surface area contributed by atoms with Crippen molar-refractivity contribution in [2.45, 2.75) is 58.7 Å².